The van der Waals surface area contributed by atoms with Gasteiger partial charge in [-0.1, -0.05) is 54.1 Å². The number of nitrogens with zero attached hydrogens (tertiary/aromatic N) is 4. The van der Waals surface area contributed by atoms with Gasteiger partial charge in [-0.3, -0.25) is 14.5 Å². The van der Waals surface area contributed by atoms with Crippen LogP contribution in [0.3, 0.4) is 0 Å². The van der Waals surface area contributed by atoms with E-state index in [2.05, 4.69) is 6.07 Å². The molecule has 5 aromatic rings. The third-order valence-corrected chi connectivity index (χ3v) is 5.65. The number of hydrogen-bond acceptors (Lipinski definition) is 4. The lowest BCUT2D eigenvalue weighted by atomic mass is 10.0. The van der Waals surface area contributed by atoms with Crippen molar-refractivity contribution in [1.29, 1.82) is 5.26 Å². The van der Waals surface area contributed by atoms with Crippen molar-refractivity contribution in [2.75, 3.05) is 0 Å². The molecule has 3 aromatic carbocycles. The van der Waals surface area contributed by atoms with Crippen LogP contribution in [0.25, 0.3) is 40.1 Å². The number of hydrogen-bond donors (Lipinski definition) is 0. The van der Waals surface area contributed by atoms with Gasteiger partial charge in [-0.2, -0.15) is 5.26 Å². The molecule has 0 aliphatic carbocycles. The molecule has 7 heteroatoms. The summed E-state index contributed by atoms with van der Waals surface area (Å²) >= 11 is 6.27. The van der Waals surface area contributed by atoms with Crippen LogP contribution in [-0.4, -0.2) is 14.3 Å². The van der Waals surface area contributed by atoms with E-state index in [0.29, 0.717) is 27.4 Å². The molecule has 0 atom stereocenters. The molecule has 0 saturated heterocycles. The van der Waals surface area contributed by atoms with E-state index < -0.39 is 4.92 Å². The van der Waals surface area contributed by atoms with E-state index in [1.54, 1.807) is 36.4 Å². The van der Waals surface area contributed by atoms with Crippen LogP contribution in [0.1, 0.15) is 16.7 Å². The summed E-state index contributed by atoms with van der Waals surface area (Å²) in [4.78, 5) is 15.7. The molecule has 0 amide bonds. The summed E-state index contributed by atoms with van der Waals surface area (Å²) in [5, 5.41) is 22.0. The molecule has 0 N–H and O–H groups in total. The van der Waals surface area contributed by atoms with Crippen molar-refractivity contribution in [3.8, 4) is 17.3 Å². The number of aromatic nitrogens is 2. The van der Waals surface area contributed by atoms with Crippen molar-refractivity contribution in [2.24, 2.45) is 0 Å². The lowest BCUT2D eigenvalue weighted by Gasteiger charge is -2.11. The first-order valence-electron chi connectivity index (χ1n) is 10.1. The van der Waals surface area contributed by atoms with Gasteiger partial charge < -0.3 is 0 Å². The number of nitro benzene ring substituents is 1. The minimum absolute atomic E-state index is 0.00468. The van der Waals surface area contributed by atoms with Crippen LogP contribution in [0.2, 0.25) is 5.02 Å². The largest absolute Gasteiger partial charge is 0.291 e. The first-order chi connectivity index (χ1) is 16.1. The minimum atomic E-state index is -0.424. The van der Waals surface area contributed by atoms with Crippen molar-refractivity contribution < 1.29 is 4.92 Å². The van der Waals surface area contributed by atoms with Crippen LogP contribution in [-0.2, 0) is 0 Å². The van der Waals surface area contributed by atoms with E-state index in [0.717, 1.165) is 22.3 Å². The molecule has 0 radical (unpaired) electrons. The number of fused-ring (bicyclic) bond motifs is 3. The van der Waals surface area contributed by atoms with Gasteiger partial charge in [-0.25, -0.2) is 4.98 Å². The Balaban J connectivity index is 1.81. The molecule has 0 fully saturated rings. The highest BCUT2D eigenvalue weighted by atomic mass is 35.5. The van der Waals surface area contributed by atoms with E-state index in [4.69, 9.17) is 16.6 Å². The van der Waals surface area contributed by atoms with E-state index in [-0.39, 0.29) is 5.69 Å². The minimum Gasteiger partial charge on any atom is -0.291 e. The zero-order valence-electron chi connectivity index (χ0n) is 17.1. The second-order valence-electron chi connectivity index (χ2n) is 7.39. The highest BCUT2D eigenvalue weighted by Crippen LogP contribution is 2.32. The van der Waals surface area contributed by atoms with Crippen molar-refractivity contribution in [1.82, 2.24) is 9.38 Å². The predicted octanol–water partition coefficient (Wildman–Crippen LogP) is 6.76. The lowest BCUT2D eigenvalue weighted by molar-refractivity contribution is -0.385. The van der Waals surface area contributed by atoms with Crippen molar-refractivity contribution in [2.45, 2.75) is 0 Å². The summed E-state index contributed by atoms with van der Waals surface area (Å²) in [6.07, 6.45) is 3.36. The van der Waals surface area contributed by atoms with E-state index in [1.807, 2.05) is 52.9 Å². The van der Waals surface area contributed by atoms with Crippen LogP contribution in [0, 0.1) is 21.4 Å². The maximum Gasteiger partial charge on any atom is 0.276 e. The van der Waals surface area contributed by atoms with Gasteiger partial charge in [0.2, 0.25) is 0 Å². The molecule has 0 bridgehead atoms. The number of benzene rings is 3. The Labute approximate surface area is 193 Å². The molecule has 6 nitrogen and oxygen atoms in total. The van der Waals surface area contributed by atoms with Crippen molar-refractivity contribution >= 4 is 46.1 Å². The molecule has 0 saturated carbocycles. The first kappa shape index (κ1) is 20.4. The predicted molar refractivity (Wildman–Crippen MR) is 130 cm³/mol. The SMILES string of the molecule is N#Cc1c(/C=C/c2ccccc2[N+](=O)[O-])cc(-c2cccc(Cl)c2)n2c1nc1ccccc12. The molecule has 0 spiro atoms. The third kappa shape index (κ3) is 3.61. The van der Waals surface area contributed by atoms with Gasteiger partial charge >= 0.3 is 0 Å². The maximum absolute atomic E-state index is 11.4. The third-order valence-electron chi connectivity index (χ3n) is 5.41. The van der Waals surface area contributed by atoms with Gasteiger partial charge in [-0.15, -0.1) is 0 Å². The van der Waals surface area contributed by atoms with Gasteiger partial charge in [0.05, 0.1) is 27.2 Å². The summed E-state index contributed by atoms with van der Waals surface area (Å²) in [6, 6.07) is 25.8. The summed E-state index contributed by atoms with van der Waals surface area (Å²) in [6.45, 7) is 0. The molecule has 158 valence electrons. The van der Waals surface area contributed by atoms with E-state index in [1.165, 1.54) is 6.07 Å². The van der Waals surface area contributed by atoms with Crippen LogP contribution in [0.5, 0.6) is 0 Å². The maximum atomic E-state index is 11.4. The van der Waals surface area contributed by atoms with Crippen LogP contribution < -0.4 is 0 Å². The van der Waals surface area contributed by atoms with Gasteiger partial charge in [-0.05, 0) is 48.0 Å². The fourth-order valence-electron chi connectivity index (χ4n) is 3.93. The number of para-hydroxylation sites is 3. The molecule has 2 aromatic heterocycles. The standard InChI is InChI=1S/C26H15ClN4O2/c27-20-8-5-7-19(14-20)25-15-18(13-12-17-6-1-3-10-23(17)31(32)33)21(16-28)26-29-22-9-2-4-11-24(22)30(25)26/h1-15H/b13-12+. The van der Waals surface area contributed by atoms with Gasteiger partial charge in [0, 0.05) is 16.7 Å². The Morgan fingerprint density at radius 3 is 2.52 bits per heavy atom. The molecule has 2 heterocycles. The monoisotopic (exact) mass is 450 g/mol. The molecular formula is C26H15ClN4O2. The summed E-state index contributed by atoms with van der Waals surface area (Å²) in [7, 11) is 0. The fraction of sp³-hybridized carbons (Fsp3) is 0. The number of nitro groups is 1. The molecule has 33 heavy (non-hydrogen) atoms. The number of halogens is 1. The van der Waals surface area contributed by atoms with Crippen LogP contribution in [0.15, 0.2) is 78.9 Å². The number of nitriles is 1. The van der Waals surface area contributed by atoms with E-state index >= 15 is 0 Å². The molecule has 5 rings (SSSR count). The Hall–Kier alpha value is -4.47. The Morgan fingerprint density at radius 1 is 0.970 bits per heavy atom. The van der Waals surface area contributed by atoms with Gasteiger partial charge in [0.15, 0.2) is 5.65 Å². The smallest absolute Gasteiger partial charge is 0.276 e. The molecule has 0 aliphatic heterocycles. The highest BCUT2D eigenvalue weighted by Gasteiger charge is 2.17. The first-order valence-corrected chi connectivity index (χ1v) is 10.5. The molecular weight excluding hydrogens is 436 g/mol. The van der Waals surface area contributed by atoms with Gasteiger partial charge in [0.25, 0.3) is 5.69 Å². The zero-order valence-corrected chi connectivity index (χ0v) is 17.9. The second kappa shape index (κ2) is 8.23. The normalized spacial score (nSPS) is 11.3. The Bertz CT molecular complexity index is 1630. The molecule has 0 unspecified atom stereocenters. The zero-order chi connectivity index (χ0) is 22.9. The number of imidazole rings is 1. The van der Waals surface area contributed by atoms with Crippen molar-refractivity contribution in [3.63, 3.8) is 0 Å². The average molecular weight is 451 g/mol. The summed E-state index contributed by atoms with van der Waals surface area (Å²) in [5.74, 6) is 0. The number of pyridine rings is 1. The summed E-state index contributed by atoms with van der Waals surface area (Å²) < 4.78 is 1.95. The highest BCUT2D eigenvalue weighted by molar-refractivity contribution is 6.30. The van der Waals surface area contributed by atoms with E-state index in [9.17, 15) is 15.4 Å². The fourth-order valence-corrected chi connectivity index (χ4v) is 4.12. The quantitative estimate of drug-likeness (QED) is 0.223. The van der Waals surface area contributed by atoms with Crippen LogP contribution >= 0.6 is 11.6 Å². The lowest BCUT2D eigenvalue weighted by Crippen LogP contribution is -1.98. The van der Waals surface area contributed by atoms with Crippen molar-refractivity contribution in [3.05, 3.63) is 111 Å². The summed E-state index contributed by atoms with van der Waals surface area (Å²) in [5.41, 5.74) is 5.24. The topological polar surface area (TPSA) is 84.2 Å². The Morgan fingerprint density at radius 2 is 1.73 bits per heavy atom. The average Bonchev–Trinajstić information content (AvgIpc) is 3.21. The number of rotatable bonds is 4. The molecule has 0 aliphatic rings. The van der Waals surface area contributed by atoms with Crippen LogP contribution in [0.4, 0.5) is 5.69 Å². The Kier molecular flexibility index (Phi) is 5.09. The second-order valence-corrected chi connectivity index (χ2v) is 7.83. The van der Waals surface area contributed by atoms with Gasteiger partial charge in [0.1, 0.15) is 11.6 Å².